The molecule has 2 fully saturated rings. The Kier molecular flexibility index (Phi) is 3.27. The Balaban J connectivity index is 1.65. The van der Waals surface area contributed by atoms with Gasteiger partial charge in [-0.15, -0.1) is 0 Å². The third kappa shape index (κ3) is 2.38. The van der Waals surface area contributed by atoms with Crippen LogP contribution in [0, 0.1) is 11.3 Å². The molecule has 3 rings (SSSR count). The second-order valence-electron chi connectivity index (χ2n) is 6.31. The Bertz CT molecular complexity index is 404. The average Bonchev–Trinajstić information content (AvgIpc) is 2.73. The molecule has 0 amide bonds. The second-order valence-corrected chi connectivity index (χ2v) is 6.75. The molecular formula is C16H22ClN. The van der Waals surface area contributed by atoms with Crippen LogP contribution in [-0.2, 0) is 0 Å². The zero-order chi connectivity index (χ0) is 12.6. The summed E-state index contributed by atoms with van der Waals surface area (Å²) in [5.41, 5.74) is 2.02. The highest BCUT2D eigenvalue weighted by Crippen LogP contribution is 2.49. The van der Waals surface area contributed by atoms with E-state index in [0.29, 0.717) is 5.41 Å². The first-order valence-corrected chi connectivity index (χ1v) is 7.55. The molecule has 18 heavy (non-hydrogen) atoms. The van der Waals surface area contributed by atoms with Crippen LogP contribution in [0.15, 0.2) is 24.3 Å². The van der Waals surface area contributed by atoms with Crippen LogP contribution in [0.2, 0.25) is 5.02 Å². The van der Waals surface area contributed by atoms with Gasteiger partial charge in [0.25, 0.3) is 0 Å². The Hall–Kier alpha value is -0.690. The minimum Gasteiger partial charge on any atom is -0.371 e. The quantitative estimate of drug-likeness (QED) is 0.707. The molecule has 0 aromatic heterocycles. The molecule has 1 heterocycles. The molecular weight excluding hydrogens is 242 g/mol. The third-order valence-electron chi connectivity index (χ3n) is 4.96. The minimum atomic E-state index is 0.683. The van der Waals surface area contributed by atoms with E-state index in [0.717, 1.165) is 10.9 Å². The summed E-state index contributed by atoms with van der Waals surface area (Å²) < 4.78 is 0. The maximum atomic E-state index is 5.95. The molecule has 1 atom stereocenters. The van der Waals surface area contributed by atoms with Gasteiger partial charge in [0.15, 0.2) is 0 Å². The summed E-state index contributed by atoms with van der Waals surface area (Å²) in [7, 11) is 0. The molecule has 1 unspecified atom stereocenters. The van der Waals surface area contributed by atoms with Gasteiger partial charge in [-0.2, -0.15) is 0 Å². The molecule has 1 spiro atoms. The fourth-order valence-corrected chi connectivity index (χ4v) is 3.97. The van der Waals surface area contributed by atoms with E-state index in [1.807, 2.05) is 12.1 Å². The summed E-state index contributed by atoms with van der Waals surface area (Å²) in [5, 5.41) is 0.830. The molecule has 1 saturated heterocycles. The number of piperidine rings is 1. The average molecular weight is 264 g/mol. The molecule has 0 bridgehead atoms. The van der Waals surface area contributed by atoms with Gasteiger partial charge in [0.1, 0.15) is 0 Å². The molecule has 1 saturated carbocycles. The van der Waals surface area contributed by atoms with E-state index in [4.69, 9.17) is 11.6 Å². The lowest BCUT2D eigenvalue weighted by atomic mass is 9.76. The molecule has 1 aromatic rings. The fourth-order valence-electron chi connectivity index (χ4n) is 3.84. The van der Waals surface area contributed by atoms with E-state index in [-0.39, 0.29) is 0 Å². The highest BCUT2D eigenvalue weighted by atomic mass is 35.5. The lowest BCUT2D eigenvalue weighted by molar-refractivity contribution is 0.219. The van der Waals surface area contributed by atoms with Gasteiger partial charge in [0.2, 0.25) is 0 Å². The van der Waals surface area contributed by atoms with E-state index in [9.17, 15) is 0 Å². The van der Waals surface area contributed by atoms with Gasteiger partial charge >= 0.3 is 0 Å². The van der Waals surface area contributed by atoms with Crippen LogP contribution in [0.4, 0.5) is 5.69 Å². The predicted octanol–water partition coefficient (Wildman–Crippen LogP) is 4.75. The Labute approximate surface area is 115 Å². The maximum Gasteiger partial charge on any atom is 0.0407 e. The van der Waals surface area contributed by atoms with Gasteiger partial charge in [0, 0.05) is 23.8 Å². The Morgan fingerprint density at radius 3 is 2.33 bits per heavy atom. The van der Waals surface area contributed by atoms with Crippen LogP contribution in [0.5, 0.6) is 0 Å². The molecule has 0 N–H and O–H groups in total. The first kappa shape index (κ1) is 12.3. The maximum absolute atomic E-state index is 5.95. The van der Waals surface area contributed by atoms with Crippen LogP contribution in [0.3, 0.4) is 0 Å². The van der Waals surface area contributed by atoms with E-state index in [1.54, 1.807) is 0 Å². The van der Waals surface area contributed by atoms with Gasteiger partial charge in [-0.05, 0) is 61.3 Å². The van der Waals surface area contributed by atoms with Crippen molar-refractivity contribution in [2.24, 2.45) is 11.3 Å². The Morgan fingerprint density at radius 1 is 1.11 bits per heavy atom. The van der Waals surface area contributed by atoms with Crippen molar-refractivity contribution in [3.05, 3.63) is 29.3 Å². The monoisotopic (exact) mass is 263 g/mol. The summed E-state index contributed by atoms with van der Waals surface area (Å²) >= 11 is 5.95. The van der Waals surface area contributed by atoms with Gasteiger partial charge in [0.05, 0.1) is 0 Å². The molecule has 1 aliphatic heterocycles. The van der Waals surface area contributed by atoms with Gasteiger partial charge in [-0.25, -0.2) is 0 Å². The van der Waals surface area contributed by atoms with E-state index >= 15 is 0 Å². The van der Waals surface area contributed by atoms with Crippen LogP contribution in [-0.4, -0.2) is 13.1 Å². The predicted molar refractivity (Wildman–Crippen MR) is 78.3 cm³/mol. The van der Waals surface area contributed by atoms with E-state index in [2.05, 4.69) is 24.0 Å². The van der Waals surface area contributed by atoms with Gasteiger partial charge in [-0.1, -0.05) is 24.9 Å². The molecule has 1 aliphatic carbocycles. The number of nitrogens with zero attached hydrogens (tertiary/aromatic N) is 1. The highest BCUT2D eigenvalue weighted by molar-refractivity contribution is 6.30. The molecule has 0 radical (unpaired) electrons. The van der Waals surface area contributed by atoms with Crippen molar-refractivity contribution in [2.45, 2.75) is 39.0 Å². The first-order valence-electron chi connectivity index (χ1n) is 7.17. The van der Waals surface area contributed by atoms with Crippen LogP contribution >= 0.6 is 11.6 Å². The zero-order valence-electron chi connectivity index (χ0n) is 11.2. The number of hydrogen-bond acceptors (Lipinski definition) is 1. The van der Waals surface area contributed by atoms with E-state index < -0.39 is 0 Å². The fraction of sp³-hybridized carbons (Fsp3) is 0.625. The lowest BCUT2D eigenvalue weighted by Gasteiger charge is -2.40. The Morgan fingerprint density at radius 2 is 1.78 bits per heavy atom. The normalized spacial score (nSPS) is 26.8. The molecule has 2 heteroatoms. The van der Waals surface area contributed by atoms with Crippen molar-refractivity contribution in [1.82, 2.24) is 0 Å². The number of rotatable bonds is 1. The van der Waals surface area contributed by atoms with Crippen molar-refractivity contribution in [3.63, 3.8) is 0 Å². The summed E-state index contributed by atoms with van der Waals surface area (Å²) in [5.74, 6) is 0.951. The van der Waals surface area contributed by atoms with E-state index in [1.165, 1.54) is 50.9 Å². The number of anilines is 1. The molecule has 1 nitrogen and oxygen atoms in total. The summed E-state index contributed by atoms with van der Waals surface area (Å²) in [6.45, 7) is 4.85. The smallest absolute Gasteiger partial charge is 0.0407 e. The van der Waals surface area contributed by atoms with Crippen molar-refractivity contribution in [2.75, 3.05) is 18.0 Å². The molecule has 1 aromatic carbocycles. The first-order chi connectivity index (χ1) is 8.67. The topological polar surface area (TPSA) is 3.24 Å². The van der Waals surface area contributed by atoms with Crippen molar-refractivity contribution in [1.29, 1.82) is 0 Å². The van der Waals surface area contributed by atoms with Crippen LogP contribution in [0.25, 0.3) is 0 Å². The van der Waals surface area contributed by atoms with Crippen molar-refractivity contribution in [3.8, 4) is 0 Å². The minimum absolute atomic E-state index is 0.683. The van der Waals surface area contributed by atoms with Crippen LogP contribution in [0.1, 0.15) is 39.0 Å². The highest BCUT2D eigenvalue weighted by Gasteiger charge is 2.39. The zero-order valence-corrected chi connectivity index (χ0v) is 11.9. The summed E-state index contributed by atoms with van der Waals surface area (Å²) in [4.78, 5) is 2.52. The number of halogens is 1. The van der Waals surface area contributed by atoms with Crippen molar-refractivity contribution < 1.29 is 0 Å². The standard InChI is InChI=1S/C16H22ClN/c1-13-6-7-16(12-13)8-10-18(11-9-16)15-4-2-14(17)3-5-15/h2-5,13H,6-12H2,1H3. The number of hydrogen-bond donors (Lipinski definition) is 0. The largest absolute Gasteiger partial charge is 0.371 e. The molecule has 2 aliphatic rings. The SMILES string of the molecule is CC1CCC2(CCN(c3ccc(Cl)cc3)CC2)C1. The number of benzene rings is 1. The molecule has 98 valence electrons. The lowest BCUT2D eigenvalue weighted by Crippen LogP contribution is -2.39. The van der Waals surface area contributed by atoms with Crippen molar-refractivity contribution >= 4 is 17.3 Å². The summed E-state index contributed by atoms with van der Waals surface area (Å²) in [6, 6.07) is 8.30. The van der Waals surface area contributed by atoms with Gasteiger partial charge < -0.3 is 4.90 Å². The second kappa shape index (κ2) is 4.77. The third-order valence-corrected chi connectivity index (χ3v) is 5.22. The summed E-state index contributed by atoms with van der Waals surface area (Å²) in [6.07, 6.45) is 7.12. The van der Waals surface area contributed by atoms with Gasteiger partial charge in [-0.3, -0.25) is 0 Å². The van der Waals surface area contributed by atoms with Crippen LogP contribution < -0.4 is 4.90 Å².